The molecule has 0 aromatic heterocycles. The van der Waals surface area contributed by atoms with Gasteiger partial charge in [0.15, 0.2) is 6.61 Å². The molecule has 0 unspecified atom stereocenters. The van der Waals surface area contributed by atoms with Crippen molar-refractivity contribution in [3.63, 3.8) is 0 Å². The van der Waals surface area contributed by atoms with Crippen LogP contribution in [0.5, 0.6) is 5.75 Å². The quantitative estimate of drug-likeness (QED) is 0.453. The van der Waals surface area contributed by atoms with Crippen molar-refractivity contribution < 1.29 is 23.9 Å². The summed E-state index contributed by atoms with van der Waals surface area (Å²) in [5.74, 6) is -0.335. The number of rotatable bonds is 6. The average Bonchev–Trinajstić information content (AvgIpc) is 2.80. The number of esters is 1. The fraction of sp³-hybridized carbons (Fsp3) is 0.312. The summed E-state index contributed by atoms with van der Waals surface area (Å²) in [6.07, 6.45) is 1.58. The summed E-state index contributed by atoms with van der Waals surface area (Å²) in [7, 11) is 0. The maximum Gasteiger partial charge on any atom is 0.344 e. The third-order valence-corrected chi connectivity index (χ3v) is 3.82. The number of carbonyl (C=O) groups excluding carboxylic acids is 3. The zero-order valence-electron chi connectivity index (χ0n) is 13.3. The summed E-state index contributed by atoms with van der Waals surface area (Å²) >= 11 is 3.35. The van der Waals surface area contributed by atoms with E-state index < -0.39 is 12.0 Å². The summed E-state index contributed by atoms with van der Waals surface area (Å²) in [5, 5.41) is 2.53. The van der Waals surface area contributed by atoms with Gasteiger partial charge in [-0.25, -0.2) is 9.59 Å². The number of hydrogen-bond acceptors (Lipinski definition) is 5. The Morgan fingerprint density at radius 3 is 2.67 bits per heavy atom. The Labute approximate surface area is 147 Å². The van der Waals surface area contributed by atoms with Gasteiger partial charge >= 0.3 is 12.0 Å². The number of urea groups is 1. The molecule has 0 atom stereocenters. The van der Waals surface area contributed by atoms with Crippen LogP contribution in [0, 0.1) is 0 Å². The second kappa shape index (κ2) is 7.96. The first kappa shape index (κ1) is 18.0. The second-order valence-corrected chi connectivity index (χ2v) is 5.68. The number of likely N-dealkylation sites (N-methyl/N-ethyl adjacent to an activating group) is 1. The van der Waals surface area contributed by atoms with Crippen LogP contribution in [-0.2, 0) is 14.3 Å². The molecule has 0 aliphatic carbocycles. The van der Waals surface area contributed by atoms with Gasteiger partial charge < -0.3 is 14.8 Å². The van der Waals surface area contributed by atoms with E-state index >= 15 is 0 Å². The highest BCUT2D eigenvalue weighted by Gasteiger charge is 2.31. The minimum atomic E-state index is -0.450. The highest BCUT2D eigenvalue weighted by Crippen LogP contribution is 2.27. The van der Waals surface area contributed by atoms with Gasteiger partial charge in [-0.05, 0) is 53.5 Å². The molecule has 24 heavy (non-hydrogen) atoms. The molecule has 0 bridgehead atoms. The Balaban J connectivity index is 2.10. The van der Waals surface area contributed by atoms with Crippen LogP contribution in [0.25, 0.3) is 6.08 Å². The SMILES string of the molecule is CCOC(=O)COc1ccc(/C=C2/NC(=O)N(CC)C2=O)cc1Br. The number of benzene rings is 1. The molecule has 3 amide bonds. The van der Waals surface area contributed by atoms with Crippen molar-refractivity contribution in [3.8, 4) is 5.75 Å². The molecule has 128 valence electrons. The van der Waals surface area contributed by atoms with Gasteiger partial charge in [0, 0.05) is 6.54 Å². The van der Waals surface area contributed by atoms with Crippen LogP contribution in [-0.4, -0.2) is 42.6 Å². The van der Waals surface area contributed by atoms with Crippen LogP contribution in [0.1, 0.15) is 19.4 Å². The van der Waals surface area contributed by atoms with Crippen molar-refractivity contribution in [2.45, 2.75) is 13.8 Å². The Bertz CT molecular complexity index is 702. The van der Waals surface area contributed by atoms with Crippen molar-refractivity contribution in [1.82, 2.24) is 10.2 Å². The van der Waals surface area contributed by atoms with Gasteiger partial charge in [-0.2, -0.15) is 0 Å². The second-order valence-electron chi connectivity index (χ2n) is 4.82. The molecule has 1 fully saturated rings. The molecule has 0 spiro atoms. The van der Waals surface area contributed by atoms with Crippen molar-refractivity contribution in [2.75, 3.05) is 19.8 Å². The van der Waals surface area contributed by atoms with E-state index in [1.54, 1.807) is 38.1 Å². The van der Waals surface area contributed by atoms with Crippen molar-refractivity contribution in [3.05, 3.63) is 33.9 Å². The zero-order chi connectivity index (χ0) is 17.7. The lowest BCUT2D eigenvalue weighted by Crippen LogP contribution is -2.30. The lowest BCUT2D eigenvalue weighted by Gasteiger charge is -2.08. The van der Waals surface area contributed by atoms with Crippen molar-refractivity contribution >= 4 is 39.9 Å². The number of halogens is 1. The summed E-state index contributed by atoms with van der Waals surface area (Å²) in [6.45, 7) is 3.87. The molecule has 8 heteroatoms. The number of ether oxygens (including phenoxy) is 2. The minimum Gasteiger partial charge on any atom is -0.481 e. The first-order valence-electron chi connectivity index (χ1n) is 7.38. The summed E-state index contributed by atoms with van der Waals surface area (Å²) in [4.78, 5) is 36.1. The van der Waals surface area contributed by atoms with E-state index in [9.17, 15) is 14.4 Å². The monoisotopic (exact) mass is 396 g/mol. The van der Waals surface area contributed by atoms with Gasteiger partial charge in [-0.1, -0.05) is 6.07 Å². The largest absolute Gasteiger partial charge is 0.481 e. The normalized spacial score (nSPS) is 15.6. The number of imide groups is 1. The predicted octanol–water partition coefficient (Wildman–Crippen LogP) is 2.30. The van der Waals surface area contributed by atoms with E-state index in [-0.39, 0.29) is 18.2 Å². The summed E-state index contributed by atoms with van der Waals surface area (Å²) < 4.78 is 10.8. The first-order chi connectivity index (χ1) is 11.5. The number of hydrogen-bond donors (Lipinski definition) is 1. The van der Waals surface area contributed by atoms with Gasteiger partial charge in [0.2, 0.25) is 0 Å². The fourth-order valence-electron chi connectivity index (χ4n) is 2.09. The average molecular weight is 397 g/mol. The molecule has 1 heterocycles. The van der Waals surface area contributed by atoms with E-state index in [0.717, 1.165) is 4.90 Å². The molecule has 1 saturated heterocycles. The molecule has 1 N–H and O–H groups in total. The van der Waals surface area contributed by atoms with Crippen molar-refractivity contribution in [1.29, 1.82) is 0 Å². The van der Waals surface area contributed by atoms with Gasteiger partial charge in [-0.15, -0.1) is 0 Å². The van der Waals surface area contributed by atoms with E-state index in [1.165, 1.54) is 0 Å². The van der Waals surface area contributed by atoms with E-state index in [2.05, 4.69) is 21.2 Å². The Hall–Kier alpha value is -2.35. The molecular weight excluding hydrogens is 380 g/mol. The fourth-order valence-corrected chi connectivity index (χ4v) is 2.60. The molecule has 1 aliphatic rings. The van der Waals surface area contributed by atoms with Crippen LogP contribution in [0.15, 0.2) is 28.4 Å². The molecular formula is C16H17BrN2O5. The molecule has 2 rings (SSSR count). The minimum absolute atomic E-state index is 0.188. The Morgan fingerprint density at radius 1 is 1.33 bits per heavy atom. The van der Waals surface area contributed by atoms with E-state index in [0.29, 0.717) is 28.9 Å². The maximum atomic E-state index is 12.0. The Kier molecular flexibility index (Phi) is 5.97. The van der Waals surface area contributed by atoms with Crippen LogP contribution < -0.4 is 10.1 Å². The smallest absolute Gasteiger partial charge is 0.344 e. The van der Waals surface area contributed by atoms with Crippen LogP contribution >= 0.6 is 15.9 Å². The third kappa shape index (κ3) is 4.14. The number of amides is 3. The van der Waals surface area contributed by atoms with Crippen LogP contribution in [0.3, 0.4) is 0 Å². The summed E-state index contributed by atoms with van der Waals surface area (Å²) in [6, 6.07) is 4.67. The predicted molar refractivity (Wildman–Crippen MR) is 90.2 cm³/mol. The number of carbonyl (C=O) groups is 3. The van der Waals surface area contributed by atoms with Gasteiger partial charge in [0.1, 0.15) is 11.4 Å². The molecule has 0 radical (unpaired) electrons. The topological polar surface area (TPSA) is 84.9 Å². The number of nitrogens with zero attached hydrogens (tertiary/aromatic N) is 1. The molecule has 1 aromatic rings. The van der Waals surface area contributed by atoms with Crippen LogP contribution in [0.2, 0.25) is 0 Å². The highest BCUT2D eigenvalue weighted by molar-refractivity contribution is 9.10. The van der Waals surface area contributed by atoms with E-state index in [1.807, 2.05) is 0 Å². The lowest BCUT2D eigenvalue weighted by atomic mass is 10.2. The van der Waals surface area contributed by atoms with Crippen molar-refractivity contribution in [2.24, 2.45) is 0 Å². The maximum absolute atomic E-state index is 12.0. The van der Waals surface area contributed by atoms with Gasteiger partial charge in [-0.3, -0.25) is 9.69 Å². The molecule has 1 aliphatic heterocycles. The first-order valence-corrected chi connectivity index (χ1v) is 8.18. The van der Waals surface area contributed by atoms with Gasteiger partial charge in [0.05, 0.1) is 11.1 Å². The third-order valence-electron chi connectivity index (χ3n) is 3.20. The van der Waals surface area contributed by atoms with Crippen LogP contribution in [0.4, 0.5) is 4.79 Å². The van der Waals surface area contributed by atoms with Gasteiger partial charge in [0.25, 0.3) is 5.91 Å². The zero-order valence-corrected chi connectivity index (χ0v) is 14.9. The molecule has 7 nitrogen and oxygen atoms in total. The molecule has 1 aromatic carbocycles. The number of nitrogens with one attached hydrogen (secondary N) is 1. The highest BCUT2D eigenvalue weighted by atomic mass is 79.9. The lowest BCUT2D eigenvalue weighted by molar-refractivity contribution is -0.145. The standard InChI is InChI=1S/C16H17BrN2O5/c1-3-19-15(21)12(18-16(19)22)8-10-5-6-13(11(17)7-10)24-9-14(20)23-4-2/h5-8H,3-4,9H2,1-2H3,(H,18,22)/b12-8+. The Morgan fingerprint density at radius 2 is 2.08 bits per heavy atom. The van der Waals surface area contributed by atoms with E-state index in [4.69, 9.17) is 9.47 Å². The molecule has 0 saturated carbocycles. The summed E-state index contributed by atoms with van der Waals surface area (Å²) in [5.41, 5.74) is 0.918.